The number of allylic oxidation sites excluding steroid dienone is 2. The summed E-state index contributed by atoms with van der Waals surface area (Å²) in [6.07, 6.45) is 4.47. The average Bonchev–Trinajstić information content (AvgIpc) is 2.42. The summed E-state index contributed by atoms with van der Waals surface area (Å²) >= 11 is 0. The molecule has 0 aliphatic carbocycles. The summed E-state index contributed by atoms with van der Waals surface area (Å²) in [5.74, 6) is 0. The maximum Gasteiger partial charge on any atom is 0.146 e. The van der Waals surface area contributed by atoms with Crippen molar-refractivity contribution in [3.05, 3.63) is 41.0 Å². The van der Waals surface area contributed by atoms with Crippen LogP contribution in [-0.2, 0) is 4.79 Å². The molecule has 0 saturated heterocycles. The SMILES string of the molecule is CCC/C(C=O)=C(/CCC)c1ccccc1C#N. The van der Waals surface area contributed by atoms with Crippen LogP contribution in [0.3, 0.4) is 0 Å². The zero-order valence-electron chi connectivity index (χ0n) is 11.1. The van der Waals surface area contributed by atoms with Crippen molar-refractivity contribution in [3.63, 3.8) is 0 Å². The van der Waals surface area contributed by atoms with Crippen molar-refractivity contribution < 1.29 is 4.79 Å². The first-order chi connectivity index (χ1) is 8.78. The van der Waals surface area contributed by atoms with Gasteiger partial charge in [-0.3, -0.25) is 4.79 Å². The molecule has 0 aliphatic heterocycles. The largest absolute Gasteiger partial charge is 0.298 e. The minimum Gasteiger partial charge on any atom is -0.298 e. The van der Waals surface area contributed by atoms with Gasteiger partial charge in [-0.2, -0.15) is 5.26 Å². The Bertz CT molecular complexity index is 480. The second-order valence-corrected chi connectivity index (χ2v) is 4.28. The number of hydrogen-bond donors (Lipinski definition) is 0. The van der Waals surface area contributed by atoms with Gasteiger partial charge in [-0.25, -0.2) is 0 Å². The number of nitriles is 1. The van der Waals surface area contributed by atoms with Gasteiger partial charge >= 0.3 is 0 Å². The third-order valence-electron chi connectivity index (χ3n) is 2.92. The van der Waals surface area contributed by atoms with Crippen molar-refractivity contribution >= 4 is 11.9 Å². The van der Waals surface area contributed by atoms with Gasteiger partial charge in [-0.15, -0.1) is 0 Å². The number of carbonyl (C=O) groups excluding carboxylic acids is 1. The molecule has 0 amide bonds. The molecule has 0 heterocycles. The number of benzene rings is 1. The molecule has 18 heavy (non-hydrogen) atoms. The van der Waals surface area contributed by atoms with E-state index in [-0.39, 0.29) is 0 Å². The van der Waals surface area contributed by atoms with Gasteiger partial charge in [0.25, 0.3) is 0 Å². The summed E-state index contributed by atoms with van der Waals surface area (Å²) in [5, 5.41) is 9.16. The van der Waals surface area contributed by atoms with Crippen molar-refractivity contribution in [2.75, 3.05) is 0 Å². The highest BCUT2D eigenvalue weighted by atomic mass is 16.1. The van der Waals surface area contributed by atoms with Crippen molar-refractivity contribution in [2.24, 2.45) is 0 Å². The Kier molecular flexibility index (Phi) is 5.87. The third-order valence-corrected chi connectivity index (χ3v) is 2.92. The lowest BCUT2D eigenvalue weighted by Gasteiger charge is -2.12. The topological polar surface area (TPSA) is 40.9 Å². The van der Waals surface area contributed by atoms with Crippen LogP contribution in [0.2, 0.25) is 0 Å². The summed E-state index contributed by atoms with van der Waals surface area (Å²) in [6.45, 7) is 4.15. The molecule has 0 aliphatic rings. The van der Waals surface area contributed by atoms with Gasteiger partial charge in [0.2, 0.25) is 0 Å². The standard InChI is InChI=1S/C16H19NO/c1-3-7-14(12-18)15(8-4-2)16-10-6-5-9-13(16)11-17/h5-6,9-10,12H,3-4,7-8H2,1-2H3/b15-14+. The Morgan fingerprint density at radius 3 is 2.44 bits per heavy atom. The molecule has 0 unspecified atom stereocenters. The van der Waals surface area contributed by atoms with E-state index in [0.29, 0.717) is 5.56 Å². The van der Waals surface area contributed by atoms with Gasteiger partial charge in [0.1, 0.15) is 6.29 Å². The molecule has 1 aromatic carbocycles. The highest BCUT2D eigenvalue weighted by Crippen LogP contribution is 2.27. The number of nitrogens with zero attached hydrogens (tertiary/aromatic N) is 1. The van der Waals surface area contributed by atoms with E-state index in [0.717, 1.165) is 48.7 Å². The van der Waals surface area contributed by atoms with Crippen LogP contribution in [0.5, 0.6) is 0 Å². The zero-order chi connectivity index (χ0) is 13.4. The van der Waals surface area contributed by atoms with Crippen LogP contribution >= 0.6 is 0 Å². The van der Waals surface area contributed by atoms with Crippen LogP contribution in [0.25, 0.3) is 5.57 Å². The summed E-state index contributed by atoms with van der Waals surface area (Å²) < 4.78 is 0. The molecule has 0 radical (unpaired) electrons. The van der Waals surface area contributed by atoms with Gasteiger partial charge in [-0.1, -0.05) is 44.9 Å². The van der Waals surface area contributed by atoms with Gasteiger partial charge in [-0.05, 0) is 35.6 Å². The Morgan fingerprint density at radius 2 is 1.89 bits per heavy atom. The van der Waals surface area contributed by atoms with E-state index < -0.39 is 0 Å². The summed E-state index contributed by atoms with van der Waals surface area (Å²) in [4.78, 5) is 11.2. The predicted octanol–water partition coefficient (Wildman–Crippen LogP) is 4.11. The molecule has 1 rings (SSSR count). The minimum atomic E-state index is 0.649. The van der Waals surface area contributed by atoms with Gasteiger partial charge < -0.3 is 0 Å². The number of rotatable bonds is 6. The molecule has 0 aromatic heterocycles. The second kappa shape index (κ2) is 7.45. The molecule has 1 aromatic rings. The fourth-order valence-corrected chi connectivity index (χ4v) is 2.11. The lowest BCUT2D eigenvalue weighted by Crippen LogP contribution is -1.97. The first-order valence-corrected chi connectivity index (χ1v) is 6.45. The molecule has 94 valence electrons. The van der Waals surface area contributed by atoms with Crippen LogP contribution in [0.15, 0.2) is 29.8 Å². The Labute approximate surface area is 109 Å². The lowest BCUT2D eigenvalue weighted by atomic mass is 9.91. The molecule has 0 atom stereocenters. The van der Waals surface area contributed by atoms with E-state index in [1.54, 1.807) is 6.07 Å². The minimum absolute atomic E-state index is 0.649. The second-order valence-electron chi connectivity index (χ2n) is 4.28. The van der Waals surface area contributed by atoms with Crippen molar-refractivity contribution in [1.29, 1.82) is 5.26 Å². The van der Waals surface area contributed by atoms with Crippen molar-refractivity contribution in [2.45, 2.75) is 39.5 Å². The van der Waals surface area contributed by atoms with Crippen LogP contribution in [0.1, 0.15) is 50.7 Å². The highest BCUT2D eigenvalue weighted by molar-refractivity contribution is 5.89. The number of carbonyl (C=O) groups is 1. The zero-order valence-corrected chi connectivity index (χ0v) is 11.1. The van der Waals surface area contributed by atoms with E-state index in [1.807, 2.05) is 18.2 Å². The fraction of sp³-hybridized carbons (Fsp3) is 0.375. The maximum atomic E-state index is 11.2. The molecule has 2 heteroatoms. The molecule has 0 fully saturated rings. The van der Waals surface area contributed by atoms with E-state index >= 15 is 0 Å². The Balaban J connectivity index is 3.35. The normalized spacial score (nSPS) is 11.6. The van der Waals surface area contributed by atoms with E-state index in [2.05, 4.69) is 19.9 Å². The van der Waals surface area contributed by atoms with Crippen molar-refractivity contribution in [3.8, 4) is 6.07 Å². The average molecular weight is 241 g/mol. The molecule has 0 spiro atoms. The fourth-order valence-electron chi connectivity index (χ4n) is 2.11. The van der Waals surface area contributed by atoms with Gasteiger partial charge in [0.15, 0.2) is 0 Å². The number of aldehydes is 1. The Hall–Kier alpha value is -1.88. The monoisotopic (exact) mass is 241 g/mol. The van der Waals surface area contributed by atoms with Crippen LogP contribution < -0.4 is 0 Å². The summed E-state index contributed by atoms with van der Waals surface area (Å²) in [5.41, 5.74) is 3.43. The Morgan fingerprint density at radius 1 is 1.22 bits per heavy atom. The molecular formula is C16H19NO. The summed E-state index contributed by atoms with van der Waals surface area (Å²) in [7, 11) is 0. The van der Waals surface area contributed by atoms with E-state index in [1.165, 1.54) is 0 Å². The van der Waals surface area contributed by atoms with Crippen LogP contribution in [-0.4, -0.2) is 6.29 Å². The van der Waals surface area contributed by atoms with Gasteiger partial charge in [0, 0.05) is 0 Å². The molecule has 0 bridgehead atoms. The number of hydrogen-bond acceptors (Lipinski definition) is 2. The molecule has 0 saturated carbocycles. The van der Waals surface area contributed by atoms with E-state index in [9.17, 15) is 4.79 Å². The van der Waals surface area contributed by atoms with Crippen molar-refractivity contribution in [1.82, 2.24) is 0 Å². The summed E-state index contributed by atoms with van der Waals surface area (Å²) in [6, 6.07) is 9.71. The van der Waals surface area contributed by atoms with Gasteiger partial charge in [0.05, 0.1) is 11.6 Å². The lowest BCUT2D eigenvalue weighted by molar-refractivity contribution is -0.105. The first kappa shape index (κ1) is 14.2. The van der Waals surface area contributed by atoms with Crippen LogP contribution in [0, 0.1) is 11.3 Å². The van der Waals surface area contributed by atoms with Crippen LogP contribution in [0.4, 0.5) is 0 Å². The quantitative estimate of drug-likeness (QED) is 0.555. The maximum absolute atomic E-state index is 11.2. The first-order valence-electron chi connectivity index (χ1n) is 6.45. The predicted molar refractivity (Wildman–Crippen MR) is 74.0 cm³/mol. The highest BCUT2D eigenvalue weighted by Gasteiger charge is 2.11. The smallest absolute Gasteiger partial charge is 0.146 e. The molecule has 2 nitrogen and oxygen atoms in total. The molecular weight excluding hydrogens is 222 g/mol. The third kappa shape index (κ3) is 3.30. The molecule has 0 N–H and O–H groups in total. The van der Waals surface area contributed by atoms with E-state index in [4.69, 9.17) is 5.26 Å².